The van der Waals surface area contributed by atoms with Gasteiger partial charge in [0.25, 0.3) is 5.91 Å². The Morgan fingerprint density at radius 1 is 1.03 bits per heavy atom. The van der Waals surface area contributed by atoms with Crippen LogP contribution in [0, 0.1) is 17.5 Å². The third-order valence-electron chi connectivity index (χ3n) is 6.88. The molecule has 6 nitrogen and oxygen atoms in total. The van der Waals surface area contributed by atoms with Gasteiger partial charge >= 0.3 is 0 Å². The van der Waals surface area contributed by atoms with Gasteiger partial charge in [0.05, 0.1) is 25.4 Å². The minimum Gasteiger partial charge on any atom is -0.370 e. The molecule has 3 aliphatic rings. The molecular formula is C27H30F3NO5. The van der Waals surface area contributed by atoms with E-state index in [2.05, 4.69) is 5.32 Å². The van der Waals surface area contributed by atoms with Gasteiger partial charge in [0.1, 0.15) is 23.6 Å². The predicted molar refractivity (Wildman–Crippen MR) is 123 cm³/mol. The standard InChI is InChI=1S/C27H30F3NO5/c1-26(2)35-23-13-27(25(32)31-18-9-10-18,34-14-16-5-3-6-17(28)11-16)12-22(24(23)36-26)33-15-19-20(29)7-4-8-21(19)30/h3-8,11,18,22-24H,9-10,12-15H2,1-2H3,(H,31,32)/t22?,23-,24+,27-/m1/s1. The molecule has 9 heteroatoms. The van der Waals surface area contributed by atoms with Crippen LogP contribution in [-0.2, 0) is 37.0 Å². The van der Waals surface area contributed by atoms with Crippen molar-refractivity contribution in [1.82, 2.24) is 5.32 Å². The van der Waals surface area contributed by atoms with E-state index < -0.39 is 47.2 Å². The second-order valence-electron chi connectivity index (χ2n) is 10.3. The molecule has 2 saturated carbocycles. The molecular weight excluding hydrogens is 475 g/mol. The zero-order valence-corrected chi connectivity index (χ0v) is 20.3. The van der Waals surface area contributed by atoms with Gasteiger partial charge in [0, 0.05) is 24.4 Å². The van der Waals surface area contributed by atoms with Crippen molar-refractivity contribution < 1.29 is 36.9 Å². The van der Waals surface area contributed by atoms with E-state index in [1.54, 1.807) is 26.0 Å². The Bertz CT molecular complexity index is 1100. The number of rotatable bonds is 8. The van der Waals surface area contributed by atoms with Crippen molar-refractivity contribution in [3.63, 3.8) is 0 Å². The van der Waals surface area contributed by atoms with E-state index in [-0.39, 0.29) is 43.6 Å². The Balaban J connectivity index is 1.42. The lowest BCUT2D eigenvalue weighted by Crippen LogP contribution is -2.60. The summed E-state index contributed by atoms with van der Waals surface area (Å²) >= 11 is 0. The van der Waals surface area contributed by atoms with Crippen molar-refractivity contribution in [1.29, 1.82) is 0 Å². The van der Waals surface area contributed by atoms with Gasteiger partial charge in [-0.15, -0.1) is 0 Å². The van der Waals surface area contributed by atoms with Crippen molar-refractivity contribution in [2.24, 2.45) is 0 Å². The van der Waals surface area contributed by atoms with Crippen LogP contribution in [0.4, 0.5) is 13.2 Å². The SMILES string of the molecule is CC1(C)O[C@@H]2C[C@@](OCc3cccc(F)c3)(C(=O)NC3CC3)CC(OCc3c(F)cccc3F)[C@@H]2O1. The van der Waals surface area contributed by atoms with Gasteiger partial charge in [-0.05, 0) is 56.5 Å². The molecule has 3 fully saturated rings. The Morgan fingerprint density at radius 2 is 1.75 bits per heavy atom. The zero-order valence-electron chi connectivity index (χ0n) is 20.3. The summed E-state index contributed by atoms with van der Waals surface area (Å²) in [6.07, 6.45) is 0.187. The molecule has 1 saturated heterocycles. The van der Waals surface area contributed by atoms with Crippen LogP contribution in [0.15, 0.2) is 42.5 Å². The van der Waals surface area contributed by atoms with E-state index in [0.29, 0.717) is 5.56 Å². The number of nitrogens with one attached hydrogen (secondary N) is 1. The lowest BCUT2D eigenvalue weighted by molar-refractivity contribution is -0.183. The van der Waals surface area contributed by atoms with Crippen molar-refractivity contribution in [2.75, 3.05) is 0 Å². The molecule has 2 aromatic carbocycles. The van der Waals surface area contributed by atoms with Gasteiger partial charge in [-0.25, -0.2) is 13.2 Å². The fourth-order valence-electron chi connectivity index (χ4n) is 4.96. The highest BCUT2D eigenvalue weighted by Gasteiger charge is 2.58. The van der Waals surface area contributed by atoms with Crippen LogP contribution >= 0.6 is 0 Å². The van der Waals surface area contributed by atoms with E-state index in [9.17, 15) is 18.0 Å². The molecule has 1 unspecified atom stereocenters. The second-order valence-corrected chi connectivity index (χ2v) is 10.3. The first-order chi connectivity index (χ1) is 17.1. The van der Waals surface area contributed by atoms with Crippen LogP contribution in [0.1, 0.15) is 50.7 Å². The van der Waals surface area contributed by atoms with Crippen molar-refractivity contribution in [3.8, 4) is 0 Å². The number of hydrogen-bond donors (Lipinski definition) is 1. The van der Waals surface area contributed by atoms with Crippen molar-refractivity contribution >= 4 is 5.91 Å². The fourth-order valence-corrected chi connectivity index (χ4v) is 4.96. The molecule has 36 heavy (non-hydrogen) atoms. The Labute approximate surface area is 208 Å². The highest BCUT2D eigenvalue weighted by Crippen LogP contribution is 2.44. The predicted octanol–water partition coefficient (Wildman–Crippen LogP) is 4.54. The van der Waals surface area contributed by atoms with Gasteiger partial charge in [-0.2, -0.15) is 0 Å². The van der Waals surface area contributed by atoms with Crippen molar-refractivity contribution in [2.45, 2.75) is 88.5 Å². The van der Waals surface area contributed by atoms with E-state index in [0.717, 1.165) is 12.8 Å². The molecule has 4 atom stereocenters. The third-order valence-corrected chi connectivity index (χ3v) is 6.88. The average Bonchev–Trinajstić information content (AvgIpc) is 3.57. The number of carbonyl (C=O) groups is 1. The third kappa shape index (κ3) is 5.44. The summed E-state index contributed by atoms with van der Waals surface area (Å²) < 4.78 is 66.8. The molecule has 2 aliphatic carbocycles. The quantitative estimate of drug-likeness (QED) is 0.571. The van der Waals surface area contributed by atoms with Crippen LogP contribution < -0.4 is 5.32 Å². The fraction of sp³-hybridized carbons (Fsp3) is 0.519. The molecule has 1 aliphatic heterocycles. The minimum atomic E-state index is -1.36. The maximum absolute atomic E-state index is 14.3. The molecule has 1 heterocycles. The van der Waals surface area contributed by atoms with Gasteiger partial charge in [-0.1, -0.05) is 18.2 Å². The maximum atomic E-state index is 14.3. The number of amides is 1. The Kier molecular flexibility index (Phi) is 6.84. The van der Waals surface area contributed by atoms with Gasteiger partial charge < -0.3 is 24.3 Å². The summed E-state index contributed by atoms with van der Waals surface area (Å²) in [5, 5.41) is 3.02. The lowest BCUT2D eigenvalue weighted by Gasteiger charge is -2.43. The summed E-state index contributed by atoms with van der Waals surface area (Å²) in [5.41, 5.74) is -0.991. The number of carbonyl (C=O) groups excluding carboxylic acids is 1. The van der Waals surface area contributed by atoms with Crippen LogP contribution in [0.3, 0.4) is 0 Å². The molecule has 1 N–H and O–H groups in total. The molecule has 0 spiro atoms. The maximum Gasteiger partial charge on any atom is 0.252 e. The first-order valence-electron chi connectivity index (χ1n) is 12.2. The van der Waals surface area contributed by atoms with Crippen molar-refractivity contribution in [3.05, 3.63) is 71.0 Å². The van der Waals surface area contributed by atoms with Crippen LogP contribution in [0.5, 0.6) is 0 Å². The van der Waals surface area contributed by atoms with E-state index >= 15 is 0 Å². The minimum absolute atomic E-state index is 0.00779. The van der Waals surface area contributed by atoms with Gasteiger partial charge in [-0.3, -0.25) is 4.79 Å². The van der Waals surface area contributed by atoms with E-state index in [1.165, 1.54) is 30.3 Å². The van der Waals surface area contributed by atoms with Crippen LogP contribution in [0.2, 0.25) is 0 Å². The Morgan fingerprint density at radius 3 is 2.44 bits per heavy atom. The molecule has 0 bridgehead atoms. The number of hydrogen-bond acceptors (Lipinski definition) is 5. The van der Waals surface area contributed by atoms with E-state index in [4.69, 9.17) is 18.9 Å². The Hall–Kier alpha value is -2.46. The number of halogens is 3. The van der Waals surface area contributed by atoms with Gasteiger partial charge in [0.2, 0.25) is 0 Å². The zero-order chi connectivity index (χ0) is 25.5. The monoisotopic (exact) mass is 505 g/mol. The summed E-state index contributed by atoms with van der Waals surface area (Å²) in [7, 11) is 0. The molecule has 0 aromatic heterocycles. The smallest absolute Gasteiger partial charge is 0.252 e. The number of benzene rings is 2. The number of ether oxygens (including phenoxy) is 4. The molecule has 2 aromatic rings. The highest BCUT2D eigenvalue weighted by molar-refractivity contribution is 5.86. The average molecular weight is 506 g/mol. The highest BCUT2D eigenvalue weighted by atomic mass is 19.1. The van der Waals surface area contributed by atoms with Gasteiger partial charge in [0.15, 0.2) is 11.4 Å². The number of fused-ring (bicyclic) bond motifs is 1. The largest absolute Gasteiger partial charge is 0.370 e. The molecule has 0 radical (unpaired) electrons. The summed E-state index contributed by atoms with van der Waals surface area (Å²) in [6.45, 7) is 3.17. The molecule has 5 rings (SSSR count). The summed E-state index contributed by atoms with van der Waals surface area (Å²) in [5.74, 6) is -3.08. The first kappa shape index (κ1) is 25.2. The van der Waals surface area contributed by atoms with E-state index in [1.807, 2.05) is 0 Å². The second kappa shape index (κ2) is 9.78. The normalized spacial score (nSPS) is 29.1. The topological polar surface area (TPSA) is 66.0 Å². The lowest BCUT2D eigenvalue weighted by atomic mass is 9.78. The summed E-state index contributed by atoms with van der Waals surface area (Å²) in [4.78, 5) is 13.6. The molecule has 1 amide bonds. The van der Waals surface area contributed by atoms with Crippen LogP contribution in [-0.4, -0.2) is 41.6 Å². The molecule has 194 valence electrons. The summed E-state index contributed by atoms with van der Waals surface area (Å²) in [6, 6.07) is 9.68. The first-order valence-corrected chi connectivity index (χ1v) is 12.2. The van der Waals surface area contributed by atoms with Crippen LogP contribution in [0.25, 0.3) is 0 Å².